The molecule has 40 heavy (non-hydrogen) atoms. The number of hydrogen-bond donors (Lipinski definition) is 0. The predicted octanol–water partition coefficient (Wildman–Crippen LogP) is 10.4. The standard InChI is InChI=1S/C30H34O.C5H5.C2H7Si.Ti/c1-29(2,3)25-20-17-23(18-21-25)19-22-27(30(4,5)6)28(24-13-9-7-10-14-24)31-26-15-11-8-12-16-26;1-2-4-5-3-1;1-3-2;/h7-22H,1-6H3;1-3H,4H2;3H,1-2H3;. The molecule has 3 aromatic rings. The Hall–Kier alpha value is -2.65. The Morgan fingerprint density at radius 2 is 1.40 bits per heavy atom. The normalized spacial score (nSPS) is 14.0. The number of ether oxygens (including phenoxy) is 1. The van der Waals surface area contributed by atoms with Gasteiger partial charge in [-0.3, -0.25) is 0 Å². The second kappa shape index (κ2) is 14.8. The van der Waals surface area contributed by atoms with E-state index in [2.05, 4.69) is 134 Å². The van der Waals surface area contributed by atoms with Gasteiger partial charge < -0.3 is 4.74 Å². The van der Waals surface area contributed by atoms with Crippen molar-refractivity contribution in [2.75, 3.05) is 0 Å². The van der Waals surface area contributed by atoms with Crippen molar-refractivity contribution in [3.05, 3.63) is 135 Å². The first-order valence-electron chi connectivity index (χ1n) is 14.4. The monoisotopic (exact) mass is 582 g/mol. The van der Waals surface area contributed by atoms with Crippen molar-refractivity contribution in [3.63, 3.8) is 0 Å². The molecule has 3 aromatic carbocycles. The van der Waals surface area contributed by atoms with Gasteiger partial charge in [-0.15, -0.1) is 0 Å². The molecule has 4 rings (SSSR count). The predicted molar refractivity (Wildman–Crippen MR) is 175 cm³/mol. The minimum absolute atomic E-state index is 0.0954. The van der Waals surface area contributed by atoms with Crippen LogP contribution in [-0.4, -0.2) is 6.66 Å². The van der Waals surface area contributed by atoms with E-state index in [4.69, 9.17) is 4.74 Å². The fraction of sp³-hybridized carbons (Fsp3) is 0.297. The first kappa shape index (κ1) is 31.9. The second-order valence-electron chi connectivity index (χ2n) is 12.6. The maximum atomic E-state index is 6.47. The number of para-hydroxylation sites is 1. The van der Waals surface area contributed by atoms with Crippen LogP contribution in [0.4, 0.5) is 0 Å². The Kier molecular flexibility index (Phi) is 11.8. The summed E-state index contributed by atoms with van der Waals surface area (Å²) in [4.78, 5) is 0. The molecule has 0 aliphatic heterocycles. The third-order valence-electron chi connectivity index (χ3n) is 6.52. The summed E-state index contributed by atoms with van der Waals surface area (Å²) in [6.45, 7) is 18.1. The summed E-state index contributed by atoms with van der Waals surface area (Å²) >= 11 is 0.375. The number of benzene rings is 3. The molecular formula is C37H46OSiTi. The summed E-state index contributed by atoms with van der Waals surface area (Å²) < 4.78 is 8.24. The van der Waals surface area contributed by atoms with Gasteiger partial charge in [0.25, 0.3) is 0 Å². The molecule has 3 heteroatoms. The van der Waals surface area contributed by atoms with Gasteiger partial charge in [-0.05, 0) is 34.1 Å². The van der Waals surface area contributed by atoms with Crippen LogP contribution in [0, 0.1) is 5.41 Å². The first-order valence-corrected chi connectivity index (χ1v) is 20.7. The molecule has 0 N–H and O–H groups in total. The fourth-order valence-electron chi connectivity index (χ4n) is 4.33. The minimum atomic E-state index is -0.207. The molecule has 0 unspecified atom stereocenters. The van der Waals surface area contributed by atoms with Crippen molar-refractivity contribution in [1.29, 1.82) is 0 Å². The van der Waals surface area contributed by atoms with E-state index in [1.807, 2.05) is 36.4 Å². The van der Waals surface area contributed by atoms with Crippen molar-refractivity contribution in [3.8, 4) is 5.75 Å². The van der Waals surface area contributed by atoms with E-state index in [0.717, 1.165) is 22.6 Å². The average molecular weight is 583 g/mol. The van der Waals surface area contributed by atoms with E-state index in [-0.39, 0.29) is 17.5 Å². The summed E-state index contributed by atoms with van der Waals surface area (Å²) in [5.74, 6) is 1.73. The number of hydrogen-bond acceptors (Lipinski definition) is 1. The molecule has 0 spiro atoms. The van der Waals surface area contributed by atoms with Gasteiger partial charge in [0.05, 0.1) is 0 Å². The summed E-state index contributed by atoms with van der Waals surface area (Å²) in [7, 11) is 0. The van der Waals surface area contributed by atoms with Crippen LogP contribution >= 0.6 is 0 Å². The fourth-order valence-corrected chi connectivity index (χ4v) is 10.1. The van der Waals surface area contributed by atoms with Gasteiger partial charge in [-0.2, -0.15) is 0 Å². The molecule has 0 amide bonds. The van der Waals surface area contributed by atoms with Gasteiger partial charge in [0.2, 0.25) is 0 Å². The van der Waals surface area contributed by atoms with E-state index in [0.29, 0.717) is 18.4 Å². The molecule has 0 radical (unpaired) electrons. The molecule has 0 atom stereocenters. The van der Waals surface area contributed by atoms with Crippen LogP contribution in [0.5, 0.6) is 5.75 Å². The number of rotatable bonds is 7. The zero-order valence-electron chi connectivity index (χ0n) is 25.7. The molecular weight excluding hydrogens is 536 g/mol. The van der Waals surface area contributed by atoms with E-state index in [1.165, 1.54) is 17.5 Å². The van der Waals surface area contributed by atoms with Crippen molar-refractivity contribution >= 4 is 18.5 Å². The Bertz CT molecular complexity index is 1320. The average Bonchev–Trinajstić information content (AvgIpc) is 3.41. The van der Waals surface area contributed by atoms with E-state index >= 15 is 0 Å². The van der Waals surface area contributed by atoms with Crippen LogP contribution in [-0.2, 0) is 23.8 Å². The van der Waals surface area contributed by atoms with Crippen molar-refractivity contribution in [2.45, 2.75) is 66.5 Å². The molecule has 1 aliphatic rings. The van der Waals surface area contributed by atoms with Crippen LogP contribution in [0.15, 0.2) is 119 Å². The SMILES string of the molecule is CC(C)(C)C(C=Cc1ccc(C(C)(C)C)cc1)=C(Oc1ccccc1)c1ccccc1.C[SiH](C)[Ti][C]1=CC=CC1. The molecule has 0 saturated carbocycles. The van der Waals surface area contributed by atoms with Gasteiger partial charge in [-0.1, -0.05) is 126 Å². The third-order valence-corrected chi connectivity index (χ3v) is 12.5. The van der Waals surface area contributed by atoms with Gasteiger partial charge in [0.15, 0.2) is 0 Å². The Morgan fingerprint density at radius 3 is 1.90 bits per heavy atom. The molecule has 0 fully saturated rings. The van der Waals surface area contributed by atoms with Gasteiger partial charge in [0.1, 0.15) is 11.5 Å². The van der Waals surface area contributed by atoms with Gasteiger partial charge >= 0.3 is 66.7 Å². The van der Waals surface area contributed by atoms with E-state index in [9.17, 15) is 0 Å². The van der Waals surface area contributed by atoms with Crippen molar-refractivity contribution < 1.29 is 23.1 Å². The summed E-state index contributed by atoms with van der Waals surface area (Å²) in [5, 5.41) is 0. The number of allylic oxidation sites excluding steroid dienone is 6. The van der Waals surface area contributed by atoms with E-state index in [1.54, 1.807) is 3.88 Å². The zero-order valence-corrected chi connectivity index (χ0v) is 28.4. The van der Waals surface area contributed by atoms with Crippen LogP contribution in [0.25, 0.3) is 11.8 Å². The first-order chi connectivity index (χ1) is 18.9. The summed E-state index contributed by atoms with van der Waals surface area (Å²) in [5.41, 5.74) is 4.81. The molecule has 0 bridgehead atoms. The molecule has 0 saturated heterocycles. The van der Waals surface area contributed by atoms with Crippen molar-refractivity contribution in [2.24, 2.45) is 5.41 Å². The molecule has 0 heterocycles. The molecule has 0 aromatic heterocycles. The zero-order chi connectivity index (χ0) is 29.2. The molecule has 1 aliphatic carbocycles. The Labute approximate surface area is 253 Å². The quantitative estimate of drug-likeness (QED) is 0.153. The van der Waals surface area contributed by atoms with E-state index < -0.39 is 0 Å². The second-order valence-corrected chi connectivity index (χ2v) is 23.0. The third kappa shape index (κ3) is 10.4. The van der Waals surface area contributed by atoms with Crippen molar-refractivity contribution in [1.82, 2.24) is 0 Å². The van der Waals surface area contributed by atoms with Crippen LogP contribution in [0.1, 0.15) is 64.7 Å². The van der Waals surface area contributed by atoms with Gasteiger partial charge in [0, 0.05) is 11.1 Å². The summed E-state index contributed by atoms with van der Waals surface area (Å²) in [6.07, 6.45) is 12.5. The maximum absolute atomic E-state index is 6.47. The van der Waals surface area contributed by atoms with Crippen LogP contribution in [0.2, 0.25) is 13.1 Å². The Morgan fingerprint density at radius 1 is 0.800 bits per heavy atom. The molecule has 1 nitrogen and oxygen atoms in total. The topological polar surface area (TPSA) is 9.23 Å². The van der Waals surface area contributed by atoms with Crippen LogP contribution < -0.4 is 4.74 Å². The van der Waals surface area contributed by atoms with Crippen LogP contribution in [0.3, 0.4) is 0 Å². The molecule has 208 valence electrons. The summed E-state index contributed by atoms with van der Waals surface area (Å²) in [6, 6.07) is 29.2. The Balaban J connectivity index is 0.000000415. The van der Waals surface area contributed by atoms with Gasteiger partial charge in [-0.25, -0.2) is 0 Å².